The van der Waals surface area contributed by atoms with Crippen LogP contribution in [0.2, 0.25) is 0 Å². The predicted molar refractivity (Wildman–Crippen MR) is 71.6 cm³/mol. The molecule has 0 aliphatic heterocycles. The van der Waals surface area contributed by atoms with E-state index in [0.717, 1.165) is 25.4 Å². The number of unbranched alkanes of at least 4 members (excludes halogenated alkanes) is 4. The molecule has 0 bridgehead atoms. The summed E-state index contributed by atoms with van der Waals surface area (Å²) in [5, 5.41) is 0. The average Bonchev–Trinajstić information content (AvgIpc) is 2.35. The number of hydrogen-bond acceptors (Lipinski definition) is 2. The molecule has 1 rings (SSSR count). The number of benzene rings is 1. The molecule has 0 fully saturated rings. The first-order valence-electron chi connectivity index (χ1n) is 6.51. The van der Waals surface area contributed by atoms with Crippen LogP contribution in [0.4, 0.5) is 0 Å². The lowest BCUT2D eigenvalue weighted by Gasteiger charge is -2.06. The van der Waals surface area contributed by atoms with Gasteiger partial charge in [0.1, 0.15) is 5.75 Å². The first-order chi connectivity index (χ1) is 8.33. The Bertz CT molecular complexity index is 279. The Hall–Kier alpha value is -1.02. The Labute approximate surface area is 105 Å². The van der Waals surface area contributed by atoms with Gasteiger partial charge in [0.05, 0.1) is 6.61 Å². The molecular weight excluding hydrogens is 212 g/mol. The van der Waals surface area contributed by atoms with E-state index in [4.69, 9.17) is 9.47 Å². The lowest BCUT2D eigenvalue weighted by atomic mass is 10.1. The molecule has 0 amide bonds. The van der Waals surface area contributed by atoms with Gasteiger partial charge in [-0.3, -0.25) is 0 Å². The third-order valence-electron chi connectivity index (χ3n) is 2.78. The summed E-state index contributed by atoms with van der Waals surface area (Å²) in [5.74, 6) is 0.981. The fourth-order valence-corrected chi connectivity index (χ4v) is 1.70. The molecule has 0 atom stereocenters. The maximum Gasteiger partial charge on any atom is 0.119 e. The van der Waals surface area contributed by atoms with Crippen molar-refractivity contribution in [1.29, 1.82) is 0 Å². The fraction of sp³-hybridized carbons (Fsp3) is 0.600. The van der Waals surface area contributed by atoms with Crippen molar-refractivity contribution in [2.24, 2.45) is 0 Å². The average molecular weight is 236 g/mol. The molecule has 0 N–H and O–H groups in total. The van der Waals surface area contributed by atoms with Crippen LogP contribution in [0.25, 0.3) is 0 Å². The summed E-state index contributed by atoms with van der Waals surface area (Å²) in [6, 6.07) is 8.24. The molecule has 96 valence electrons. The van der Waals surface area contributed by atoms with Gasteiger partial charge in [0.25, 0.3) is 0 Å². The fourth-order valence-electron chi connectivity index (χ4n) is 1.70. The highest BCUT2D eigenvalue weighted by atomic mass is 16.5. The highest BCUT2D eigenvalue weighted by molar-refractivity contribution is 5.26. The molecule has 1 aromatic rings. The van der Waals surface area contributed by atoms with Gasteiger partial charge in [-0.25, -0.2) is 0 Å². The molecule has 0 aliphatic rings. The summed E-state index contributed by atoms with van der Waals surface area (Å²) >= 11 is 0. The molecule has 2 nitrogen and oxygen atoms in total. The second-order valence-corrected chi connectivity index (χ2v) is 4.42. The second kappa shape index (κ2) is 9.06. The zero-order chi connectivity index (χ0) is 12.3. The number of aryl methyl sites for hydroxylation is 1. The molecule has 0 saturated carbocycles. The normalized spacial score (nSPS) is 10.5. The monoisotopic (exact) mass is 236 g/mol. The molecule has 0 saturated heterocycles. The van der Waals surface area contributed by atoms with Gasteiger partial charge in [-0.2, -0.15) is 0 Å². The van der Waals surface area contributed by atoms with Crippen LogP contribution in [0.3, 0.4) is 0 Å². The predicted octanol–water partition coefficient (Wildman–Crippen LogP) is 3.97. The summed E-state index contributed by atoms with van der Waals surface area (Å²) in [6.45, 7) is 3.80. The minimum absolute atomic E-state index is 0.827. The molecule has 0 unspecified atom stereocenters. The first kappa shape index (κ1) is 14.0. The minimum Gasteiger partial charge on any atom is -0.494 e. The van der Waals surface area contributed by atoms with Crippen LogP contribution in [-0.4, -0.2) is 20.3 Å². The van der Waals surface area contributed by atoms with Crippen molar-refractivity contribution in [3.63, 3.8) is 0 Å². The van der Waals surface area contributed by atoms with Crippen molar-refractivity contribution in [1.82, 2.24) is 0 Å². The molecule has 1 aromatic carbocycles. The van der Waals surface area contributed by atoms with Crippen LogP contribution in [0.15, 0.2) is 24.3 Å². The van der Waals surface area contributed by atoms with E-state index in [1.165, 1.54) is 31.2 Å². The Morgan fingerprint density at radius 2 is 1.41 bits per heavy atom. The van der Waals surface area contributed by atoms with Crippen molar-refractivity contribution in [2.75, 3.05) is 20.3 Å². The maximum absolute atomic E-state index is 5.66. The van der Waals surface area contributed by atoms with Gasteiger partial charge in [0, 0.05) is 13.7 Å². The molecule has 0 heterocycles. The van der Waals surface area contributed by atoms with Crippen LogP contribution in [0.5, 0.6) is 5.75 Å². The van der Waals surface area contributed by atoms with E-state index in [1.54, 1.807) is 7.11 Å². The minimum atomic E-state index is 0.827. The summed E-state index contributed by atoms with van der Waals surface area (Å²) in [6.07, 6.45) is 6.10. The quantitative estimate of drug-likeness (QED) is 0.604. The largest absolute Gasteiger partial charge is 0.494 e. The Morgan fingerprint density at radius 1 is 0.824 bits per heavy atom. The van der Waals surface area contributed by atoms with Gasteiger partial charge < -0.3 is 9.47 Å². The molecule has 2 heteroatoms. The highest BCUT2D eigenvalue weighted by Gasteiger charge is 1.94. The second-order valence-electron chi connectivity index (χ2n) is 4.42. The maximum atomic E-state index is 5.66. The van der Waals surface area contributed by atoms with Crippen LogP contribution >= 0.6 is 0 Å². The van der Waals surface area contributed by atoms with Crippen LogP contribution < -0.4 is 4.74 Å². The number of methoxy groups -OCH3 is 1. The van der Waals surface area contributed by atoms with E-state index >= 15 is 0 Å². The summed E-state index contributed by atoms with van der Waals surface area (Å²) in [4.78, 5) is 0. The van der Waals surface area contributed by atoms with Gasteiger partial charge >= 0.3 is 0 Å². The molecule has 0 spiro atoms. The molecular formula is C15H24O2. The topological polar surface area (TPSA) is 18.5 Å². The van der Waals surface area contributed by atoms with Crippen molar-refractivity contribution < 1.29 is 9.47 Å². The van der Waals surface area contributed by atoms with Crippen LogP contribution in [0, 0.1) is 6.92 Å². The third kappa shape index (κ3) is 7.01. The Morgan fingerprint density at radius 3 is 2.06 bits per heavy atom. The molecule has 0 aliphatic carbocycles. The van der Waals surface area contributed by atoms with E-state index in [2.05, 4.69) is 19.1 Å². The molecule has 17 heavy (non-hydrogen) atoms. The summed E-state index contributed by atoms with van der Waals surface area (Å²) in [7, 11) is 1.76. The number of ether oxygens (including phenoxy) is 2. The van der Waals surface area contributed by atoms with E-state index in [-0.39, 0.29) is 0 Å². The third-order valence-corrected chi connectivity index (χ3v) is 2.78. The van der Waals surface area contributed by atoms with Crippen LogP contribution in [0.1, 0.15) is 37.7 Å². The summed E-state index contributed by atoms with van der Waals surface area (Å²) < 4.78 is 10.7. The van der Waals surface area contributed by atoms with Gasteiger partial charge in [-0.05, 0) is 31.9 Å². The Balaban J connectivity index is 1.95. The summed E-state index contributed by atoms with van der Waals surface area (Å²) in [5.41, 5.74) is 1.27. The highest BCUT2D eigenvalue weighted by Crippen LogP contribution is 2.12. The zero-order valence-corrected chi connectivity index (χ0v) is 11.1. The van der Waals surface area contributed by atoms with Gasteiger partial charge in [-0.15, -0.1) is 0 Å². The number of rotatable bonds is 9. The van der Waals surface area contributed by atoms with Crippen molar-refractivity contribution in [2.45, 2.75) is 39.0 Å². The molecule has 0 radical (unpaired) electrons. The van der Waals surface area contributed by atoms with Gasteiger partial charge in [-0.1, -0.05) is 37.0 Å². The standard InChI is InChI=1S/C15H24O2/c1-14-8-10-15(11-9-14)17-13-7-5-3-4-6-12-16-2/h8-11H,3-7,12-13H2,1-2H3. The van der Waals surface area contributed by atoms with Crippen LogP contribution in [-0.2, 0) is 4.74 Å². The lowest BCUT2D eigenvalue weighted by Crippen LogP contribution is -1.97. The molecule has 0 aromatic heterocycles. The van der Waals surface area contributed by atoms with Crippen molar-refractivity contribution in [3.05, 3.63) is 29.8 Å². The van der Waals surface area contributed by atoms with Crippen molar-refractivity contribution >= 4 is 0 Å². The van der Waals surface area contributed by atoms with Crippen molar-refractivity contribution in [3.8, 4) is 5.75 Å². The van der Waals surface area contributed by atoms with E-state index < -0.39 is 0 Å². The van der Waals surface area contributed by atoms with Gasteiger partial charge in [0.15, 0.2) is 0 Å². The zero-order valence-electron chi connectivity index (χ0n) is 11.1. The van der Waals surface area contributed by atoms with E-state index in [9.17, 15) is 0 Å². The first-order valence-corrected chi connectivity index (χ1v) is 6.51. The Kier molecular flexibility index (Phi) is 7.48. The SMILES string of the molecule is COCCCCCCCOc1ccc(C)cc1. The van der Waals surface area contributed by atoms with E-state index in [0.29, 0.717) is 0 Å². The lowest BCUT2D eigenvalue weighted by molar-refractivity contribution is 0.191. The number of hydrogen-bond donors (Lipinski definition) is 0. The smallest absolute Gasteiger partial charge is 0.119 e. The van der Waals surface area contributed by atoms with Gasteiger partial charge in [0.2, 0.25) is 0 Å². The van der Waals surface area contributed by atoms with E-state index in [1.807, 2.05) is 12.1 Å².